The lowest BCUT2D eigenvalue weighted by Gasteiger charge is -2.10. The molecule has 0 aromatic heterocycles. The zero-order valence-corrected chi connectivity index (χ0v) is 11.5. The van der Waals surface area contributed by atoms with E-state index in [2.05, 4.69) is 5.32 Å². The van der Waals surface area contributed by atoms with E-state index < -0.39 is 24.1 Å². The first-order valence-electron chi connectivity index (χ1n) is 5.89. The standard InChI is InChI=1S/C14H11ClF2N2O2/c15-8-4-5-10(18)11(6-8)19-13(20)7-21-12-3-1-2-9(16)14(12)17/h1-6H,7,18H2,(H,19,20). The largest absolute Gasteiger partial charge is 0.481 e. The number of anilines is 2. The number of carbonyl (C=O) groups is 1. The zero-order valence-electron chi connectivity index (χ0n) is 10.7. The quantitative estimate of drug-likeness (QED) is 0.852. The Morgan fingerprint density at radius 3 is 2.81 bits per heavy atom. The summed E-state index contributed by atoms with van der Waals surface area (Å²) >= 11 is 5.78. The smallest absolute Gasteiger partial charge is 0.262 e. The molecule has 0 aliphatic carbocycles. The highest BCUT2D eigenvalue weighted by molar-refractivity contribution is 6.31. The molecule has 0 unspecified atom stereocenters. The molecule has 0 aliphatic rings. The Morgan fingerprint density at radius 2 is 2.05 bits per heavy atom. The fourth-order valence-electron chi connectivity index (χ4n) is 1.56. The van der Waals surface area contributed by atoms with Crippen molar-refractivity contribution in [3.63, 3.8) is 0 Å². The molecule has 4 nitrogen and oxygen atoms in total. The fraction of sp³-hybridized carbons (Fsp3) is 0.0714. The second-order valence-electron chi connectivity index (χ2n) is 4.12. The van der Waals surface area contributed by atoms with Crippen LogP contribution in [0.1, 0.15) is 0 Å². The number of ether oxygens (including phenoxy) is 1. The van der Waals surface area contributed by atoms with Gasteiger partial charge in [0.15, 0.2) is 18.2 Å². The second-order valence-corrected chi connectivity index (χ2v) is 4.56. The van der Waals surface area contributed by atoms with Crippen LogP contribution in [0.25, 0.3) is 0 Å². The van der Waals surface area contributed by atoms with Gasteiger partial charge in [-0.3, -0.25) is 4.79 Å². The first kappa shape index (κ1) is 15.1. The van der Waals surface area contributed by atoms with Gasteiger partial charge in [-0.1, -0.05) is 17.7 Å². The van der Waals surface area contributed by atoms with E-state index in [1.165, 1.54) is 24.3 Å². The first-order chi connectivity index (χ1) is 9.97. The minimum absolute atomic E-state index is 0.316. The molecule has 0 saturated carbocycles. The van der Waals surface area contributed by atoms with Crippen LogP contribution in [0.2, 0.25) is 5.02 Å². The molecule has 0 fully saturated rings. The monoisotopic (exact) mass is 312 g/mol. The molecule has 1 amide bonds. The minimum Gasteiger partial charge on any atom is -0.481 e. The molecule has 0 aliphatic heterocycles. The van der Waals surface area contributed by atoms with Gasteiger partial charge in [-0.05, 0) is 30.3 Å². The number of amides is 1. The van der Waals surface area contributed by atoms with Gasteiger partial charge in [-0.2, -0.15) is 4.39 Å². The normalized spacial score (nSPS) is 10.2. The molecule has 110 valence electrons. The molecule has 2 aromatic carbocycles. The number of nitrogen functional groups attached to an aromatic ring is 1. The van der Waals surface area contributed by atoms with Gasteiger partial charge in [0, 0.05) is 5.02 Å². The Bertz CT molecular complexity index is 680. The van der Waals surface area contributed by atoms with Crippen LogP contribution in [0.15, 0.2) is 36.4 Å². The third-order valence-electron chi connectivity index (χ3n) is 2.56. The summed E-state index contributed by atoms with van der Waals surface area (Å²) < 4.78 is 31.2. The molecule has 0 bridgehead atoms. The number of rotatable bonds is 4. The van der Waals surface area contributed by atoms with Crippen molar-refractivity contribution in [2.24, 2.45) is 0 Å². The van der Waals surface area contributed by atoms with Crippen LogP contribution in [0, 0.1) is 11.6 Å². The van der Waals surface area contributed by atoms with Gasteiger partial charge in [0.2, 0.25) is 5.82 Å². The highest BCUT2D eigenvalue weighted by Gasteiger charge is 2.11. The van der Waals surface area contributed by atoms with E-state index in [0.29, 0.717) is 16.4 Å². The van der Waals surface area contributed by atoms with Crippen LogP contribution >= 0.6 is 11.6 Å². The number of hydrogen-bond acceptors (Lipinski definition) is 3. The van der Waals surface area contributed by atoms with Crippen LogP contribution < -0.4 is 15.8 Å². The first-order valence-corrected chi connectivity index (χ1v) is 6.27. The molecule has 21 heavy (non-hydrogen) atoms. The molecule has 0 spiro atoms. The maximum Gasteiger partial charge on any atom is 0.262 e. The Hall–Kier alpha value is -2.34. The molecule has 3 N–H and O–H groups in total. The lowest BCUT2D eigenvalue weighted by molar-refractivity contribution is -0.118. The van der Waals surface area contributed by atoms with E-state index in [4.69, 9.17) is 22.1 Å². The highest BCUT2D eigenvalue weighted by atomic mass is 35.5. The van der Waals surface area contributed by atoms with Crippen LogP contribution in [0.4, 0.5) is 20.2 Å². The Morgan fingerprint density at radius 1 is 1.29 bits per heavy atom. The lowest BCUT2D eigenvalue weighted by Crippen LogP contribution is -2.21. The van der Waals surface area contributed by atoms with E-state index >= 15 is 0 Å². The van der Waals surface area contributed by atoms with Gasteiger partial charge in [0.05, 0.1) is 11.4 Å². The third kappa shape index (κ3) is 3.82. The van der Waals surface area contributed by atoms with E-state index in [1.807, 2.05) is 0 Å². The Balaban J connectivity index is 1.99. The lowest BCUT2D eigenvalue weighted by atomic mass is 10.2. The summed E-state index contributed by atoms with van der Waals surface area (Å²) in [7, 11) is 0. The summed E-state index contributed by atoms with van der Waals surface area (Å²) in [6.45, 7) is -0.494. The van der Waals surface area contributed by atoms with Gasteiger partial charge < -0.3 is 15.8 Å². The van der Waals surface area contributed by atoms with Crippen molar-refractivity contribution in [2.45, 2.75) is 0 Å². The molecular weight excluding hydrogens is 302 g/mol. The number of hydrogen-bond donors (Lipinski definition) is 2. The number of benzene rings is 2. The summed E-state index contributed by atoms with van der Waals surface area (Å²) in [5.74, 6) is -3.11. The average molecular weight is 313 g/mol. The predicted molar refractivity (Wildman–Crippen MR) is 76.3 cm³/mol. The summed E-state index contributed by atoms with van der Waals surface area (Å²) in [6.07, 6.45) is 0. The van der Waals surface area contributed by atoms with Gasteiger partial charge in [0.25, 0.3) is 5.91 Å². The molecule has 2 aromatic rings. The maximum atomic E-state index is 13.3. The van der Waals surface area contributed by atoms with Gasteiger partial charge >= 0.3 is 0 Å². The molecule has 0 radical (unpaired) electrons. The predicted octanol–water partition coefficient (Wildman–Crippen LogP) is 3.22. The van der Waals surface area contributed by atoms with Crippen LogP contribution in [-0.2, 0) is 4.79 Å². The molecular formula is C14H11ClF2N2O2. The second kappa shape index (κ2) is 6.41. The molecule has 0 saturated heterocycles. The SMILES string of the molecule is Nc1ccc(Cl)cc1NC(=O)COc1cccc(F)c1F. The molecule has 0 heterocycles. The van der Waals surface area contributed by atoms with Gasteiger partial charge in [-0.15, -0.1) is 0 Å². The number of halogens is 3. The van der Waals surface area contributed by atoms with E-state index in [-0.39, 0.29) is 5.75 Å². The van der Waals surface area contributed by atoms with Crippen molar-refractivity contribution in [3.05, 3.63) is 53.1 Å². The van der Waals surface area contributed by atoms with E-state index in [9.17, 15) is 13.6 Å². The van der Waals surface area contributed by atoms with Crippen LogP contribution in [0.5, 0.6) is 5.75 Å². The summed E-state index contributed by atoms with van der Waals surface area (Å²) in [6, 6.07) is 8.03. The van der Waals surface area contributed by atoms with Crippen molar-refractivity contribution >= 4 is 28.9 Å². The highest BCUT2D eigenvalue weighted by Crippen LogP contribution is 2.23. The van der Waals surface area contributed by atoms with Crippen molar-refractivity contribution in [1.29, 1.82) is 0 Å². The van der Waals surface area contributed by atoms with Crippen molar-refractivity contribution in [1.82, 2.24) is 0 Å². The van der Waals surface area contributed by atoms with Gasteiger partial charge in [-0.25, -0.2) is 4.39 Å². The summed E-state index contributed by atoms with van der Waals surface area (Å²) in [5, 5.41) is 2.87. The minimum atomic E-state index is -1.15. The third-order valence-corrected chi connectivity index (χ3v) is 2.80. The average Bonchev–Trinajstić information content (AvgIpc) is 2.44. The zero-order chi connectivity index (χ0) is 15.4. The van der Waals surface area contributed by atoms with Gasteiger partial charge in [0.1, 0.15) is 0 Å². The number of nitrogens with one attached hydrogen (secondary N) is 1. The van der Waals surface area contributed by atoms with Crippen molar-refractivity contribution in [3.8, 4) is 5.75 Å². The summed E-state index contributed by atoms with van der Waals surface area (Å²) in [4.78, 5) is 11.7. The topological polar surface area (TPSA) is 64.3 Å². The summed E-state index contributed by atoms with van der Waals surface area (Å²) in [5.41, 5.74) is 6.30. The molecule has 2 rings (SSSR count). The molecule has 7 heteroatoms. The van der Waals surface area contributed by atoms with E-state index in [1.54, 1.807) is 6.07 Å². The fourth-order valence-corrected chi connectivity index (χ4v) is 1.73. The van der Waals surface area contributed by atoms with Crippen molar-refractivity contribution in [2.75, 3.05) is 17.7 Å². The van der Waals surface area contributed by atoms with Crippen LogP contribution in [-0.4, -0.2) is 12.5 Å². The molecule has 0 atom stereocenters. The van der Waals surface area contributed by atoms with Crippen molar-refractivity contribution < 1.29 is 18.3 Å². The maximum absolute atomic E-state index is 13.3. The van der Waals surface area contributed by atoms with Crippen LogP contribution in [0.3, 0.4) is 0 Å². The number of carbonyl (C=O) groups excluding carboxylic acids is 1. The number of nitrogens with two attached hydrogens (primary N) is 1. The Labute approximate surface area is 124 Å². The van der Waals surface area contributed by atoms with E-state index in [0.717, 1.165) is 6.07 Å². The Kier molecular flexibility index (Phi) is 4.59.